The van der Waals surface area contributed by atoms with Crippen LogP contribution in [-0.2, 0) is 13.2 Å². The van der Waals surface area contributed by atoms with Gasteiger partial charge in [-0.3, -0.25) is 9.78 Å². The lowest BCUT2D eigenvalue weighted by Gasteiger charge is -2.19. The first-order valence-electron chi connectivity index (χ1n) is 9.27. The van der Waals surface area contributed by atoms with Gasteiger partial charge in [-0.05, 0) is 45.0 Å². The number of aryl methyl sites for hydroxylation is 2. The molecule has 2 heterocycles. The minimum atomic E-state index is -0.0765. The molecule has 3 aromatic rings. The summed E-state index contributed by atoms with van der Waals surface area (Å²) >= 11 is 1.60. The lowest BCUT2D eigenvalue weighted by molar-refractivity contribution is 0.0783. The molecule has 29 heavy (non-hydrogen) atoms. The summed E-state index contributed by atoms with van der Waals surface area (Å²) < 4.78 is 11.2. The average molecular weight is 412 g/mol. The fraction of sp³-hybridized carbons (Fsp3) is 0.318. The van der Waals surface area contributed by atoms with Crippen LogP contribution in [-0.4, -0.2) is 34.9 Å². The number of carbonyl (C=O) groups excluding carboxylic acids is 1. The van der Waals surface area contributed by atoms with Gasteiger partial charge in [0.05, 0.1) is 30.1 Å². The molecule has 0 N–H and O–H groups in total. The number of ether oxygens (including phenoxy) is 2. The Kier molecular flexibility index (Phi) is 6.49. The minimum Gasteiger partial charge on any atom is -0.496 e. The highest BCUT2D eigenvalue weighted by Gasteiger charge is 2.16. The first kappa shape index (κ1) is 20.8. The highest BCUT2D eigenvalue weighted by molar-refractivity contribution is 7.09. The highest BCUT2D eigenvalue weighted by atomic mass is 32.1. The molecule has 152 valence electrons. The third kappa shape index (κ3) is 4.92. The Bertz CT molecular complexity index is 999. The first-order valence-corrected chi connectivity index (χ1v) is 10.2. The zero-order chi connectivity index (χ0) is 21.0. The summed E-state index contributed by atoms with van der Waals surface area (Å²) in [5.41, 5.74) is 4.26. The summed E-state index contributed by atoms with van der Waals surface area (Å²) in [6.45, 7) is 6.70. The summed E-state index contributed by atoms with van der Waals surface area (Å²) in [7, 11) is 3.41. The number of hydrogen-bond donors (Lipinski definition) is 0. The van der Waals surface area contributed by atoms with E-state index in [1.54, 1.807) is 60.9 Å². The van der Waals surface area contributed by atoms with Crippen LogP contribution >= 0.6 is 11.3 Å². The van der Waals surface area contributed by atoms with E-state index in [1.807, 2.05) is 26.2 Å². The summed E-state index contributed by atoms with van der Waals surface area (Å²) in [5.74, 6) is 1.44. The van der Waals surface area contributed by atoms with Crippen molar-refractivity contribution in [1.82, 2.24) is 14.9 Å². The van der Waals surface area contributed by atoms with E-state index < -0.39 is 0 Å². The zero-order valence-electron chi connectivity index (χ0n) is 17.4. The fourth-order valence-electron chi connectivity index (χ4n) is 3.07. The van der Waals surface area contributed by atoms with Gasteiger partial charge in [-0.15, -0.1) is 11.3 Å². The number of thiazole rings is 1. The van der Waals surface area contributed by atoms with Crippen molar-refractivity contribution in [3.05, 3.63) is 68.9 Å². The maximum Gasteiger partial charge on any atom is 0.253 e. The molecular formula is C22H25N3O3S. The molecule has 1 amide bonds. The summed E-state index contributed by atoms with van der Waals surface area (Å²) in [6, 6.07) is 7.16. The molecule has 6 nitrogen and oxygen atoms in total. The van der Waals surface area contributed by atoms with Crippen LogP contribution in [0.1, 0.15) is 37.9 Å². The zero-order valence-corrected chi connectivity index (χ0v) is 18.2. The Hall–Kier alpha value is -2.93. The van der Waals surface area contributed by atoms with Crippen LogP contribution < -0.4 is 9.47 Å². The predicted octanol–water partition coefficient (Wildman–Crippen LogP) is 4.32. The molecule has 1 aromatic carbocycles. The maximum absolute atomic E-state index is 12.8. The second-order valence-corrected chi connectivity index (χ2v) is 7.94. The standard InChI is InChI=1S/C22H25N3O3S/c1-14-10-23-20(15(2)21(14)27-5)11-25(4)22(26)17-6-8-19(9-7-17)28-12-18-13-29-16(3)24-18/h6-10,13H,11-12H2,1-5H3. The van der Waals surface area contributed by atoms with Gasteiger partial charge < -0.3 is 14.4 Å². The second-order valence-electron chi connectivity index (χ2n) is 6.88. The van der Waals surface area contributed by atoms with Gasteiger partial charge in [-0.1, -0.05) is 0 Å². The van der Waals surface area contributed by atoms with E-state index in [-0.39, 0.29) is 5.91 Å². The Labute approximate surface area is 175 Å². The van der Waals surface area contributed by atoms with Gasteiger partial charge in [0.1, 0.15) is 18.1 Å². The number of rotatable bonds is 7. The molecule has 0 atom stereocenters. The molecule has 2 aromatic heterocycles. The third-order valence-corrected chi connectivity index (χ3v) is 5.46. The van der Waals surface area contributed by atoms with Crippen molar-refractivity contribution in [2.24, 2.45) is 0 Å². The normalized spacial score (nSPS) is 10.7. The predicted molar refractivity (Wildman–Crippen MR) is 114 cm³/mol. The fourth-order valence-corrected chi connectivity index (χ4v) is 3.67. The molecule has 0 saturated carbocycles. The van der Waals surface area contributed by atoms with E-state index in [0.717, 1.165) is 33.3 Å². The van der Waals surface area contributed by atoms with Gasteiger partial charge in [-0.25, -0.2) is 4.98 Å². The molecule has 0 aliphatic heterocycles. The molecular weight excluding hydrogens is 386 g/mol. The Morgan fingerprint density at radius 3 is 2.52 bits per heavy atom. The molecule has 0 bridgehead atoms. The van der Waals surface area contributed by atoms with Gasteiger partial charge in [0.15, 0.2) is 0 Å². The number of benzene rings is 1. The first-order chi connectivity index (χ1) is 13.9. The van der Waals surface area contributed by atoms with E-state index >= 15 is 0 Å². The smallest absolute Gasteiger partial charge is 0.253 e. The summed E-state index contributed by atoms with van der Waals surface area (Å²) in [4.78, 5) is 23.3. The van der Waals surface area contributed by atoms with Crippen LogP contribution in [0.15, 0.2) is 35.8 Å². The van der Waals surface area contributed by atoms with Crippen LogP contribution in [0.5, 0.6) is 11.5 Å². The van der Waals surface area contributed by atoms with E-state index in [0.29, 0.717) is 24.5 Å². The van der Waals surface area contributed by atoms with Crippen molar-refractivity contribution in [1.29, 1.82) is 0 Å². The molecule has 3 rings (SSSR count). The van der Waals surface area contributed by atoms with E-state index in [2.05, 4.69) is 9.97 Å². The Morgan fingerprint density at radius 2 is 1.90 bits per heavy atom. The molecule has 0 saturated heterocycles. The number of aromatic nitrogens is 2. The minimum absolute atomic E-state index is 0.0765. The number of carbonyl (C=O) groups is 1. The van der Waals surface area contributed by atoms with Gasteiger partial charge in [0, 0.05) is 35.3 Å². The molecule has 0 aliphatic rings. The van der Waals surface area contributed by atoms with Crippen LogP contribution in [0, 0.1) is 20.8 Å². The van der Waals surface area contributed by atoms with Crippen molar-refractivity contribution in [3.8, 4) is 11.5 Å². The number of nitrogens with zero attached hydrogens (tertiary/aromatic N) is 3. The number of hydrogen-bond acceptors (Lipinski definition) is 6. The second kappa shape index (κ2) is 9.05. The molecule has 0 unspecified atom stereocenters. The van der Waals surface area contributed by atoms with Crippen molar-refractivity contribution >= 4 is 17.2 Å². The molecule has 0 spiro atoms. The molecule has 0 radical (unpaired) electrons. The average Bonchev–Trinajstić information content (AvgIpc) is 3.14. The van der Waals surface area contributed by atoms with Gasteiger partial charge in [0.2, 0.25) is 0 Å². The van der Waals surface area contributed by atoms with Crippen LogP contribution in [0.25, 0.3) is 0 Å². The largest absolute Gasteiger partial charge is 0.496 e. The number of amides is 1. The van der Waals surface area contributed by atoms with Gasteiger partial charge in [-0.2, -0.15) is 0 Å². The van der Waals surface area contributed by atoms with E-state index in [1.165, 1.54) is 0 Å². The lowest BCUT2D eigenvalue weighted by atomic mass is 10.1. The summed E-state index contributed by atoms with van der Waals surface area (Å²) in [6.07, 6.45) is 1.77. The van der Waals surface area contributed by atoms with Crippen molar-refractivity contribution in [3.63, 3.8) is 0 Å². The number of pyridine rings is 1. The molecule has 0 fully saturated rings. The molecule has 7 heteroatoms. The Balaban J connectivity index is 1.64. The van der Waals surface area contributed by atoms with E-state index in [9.17, 15) is 4.79 Å². The molecule has 0 aliphatic carbocycles. The van der Waals surface area contributed by atoms with Crippen LogP contribution in [0.4, 0.5) is 0 Å². The van der Waals surface area contributed by atoms with Crippen molar-refractivity contribution < 1.29 is 14.3 Å². The van der Waals surface area contributed by atoms with Gasteiger partial charge in [0.25, 0.3) is 5.91 Å². The van der Waals surface area contributed by atoms with Gasteiger partial charge >= 0.3 is 0 Å². The third-order valence-electron chi connectivity index (χ3n) is 4.64. The van der Waals surface area contributed by atoms with Crippen LogP contribution in [0.3, 0.4) is 0 Å². The highest BCUT2D eigenvalue weighted by Crippen LogP contribution is 2.25. The SMILES string of the molecule is COc1c(C)cnc(CN(C)C(=O)c2ccc(OCc3csc(C)n3)cc2)c1C. The Morgan fingerprint density at radius 1 is 1.17 bits per heavy atom. The quantitative estimate of drug-likeness (QED) is 0.579. The monoisotopic (exact) mass is 411 g/mol. The summed E-state index contributed by atoms with van der Waals surface area (Å²) in [5, 5.41) is 3.00. The van der Waals surface area contributed by atoms with E-state index in [4.69, 9.17) is 9.47 Å². The van der Waals surface area contributed by atoms with Crippen molar-refractivity contribution in [2.45, 2.75) is 33.9 Å². The van der Waals surface area contributed by atoms with Crippen LogP contribution in [0.2, 0.25) is 0 Å². The van der Waals surface area contributed by atoms with Crippen molar-refractivity contribution in [2.75, 3.05) is 14.2 Å². The number of methoxy groups -OCH3 is 1. The maximum atomic E-state index is 12.8. The lowest BCUT2D eigenvalue weighted by Crippen LogP contribution is -2.27. The topological polar surface area (TPSA) is 64.5 Å².